The molecule has 3 rings (SSSR count). The van der Waals surface area contributed by atoms with E-state index in [9.17, 15) is 25.5 Å². The molecule has 28 heavy (non-hydrogen) atoms. The van der Waals surface area contributed by atoms with Crippen molar-refractivity contribution in [3.8, 4) is 0 Å². The third-order valence-corrected chi connectivity index (χ3v) is 6.06. The lowest BCUT2D eigenvalue weighted by Gasteiger charge is -2.46. The highest BCUT2D eigenvalue weighted by Crippen LogP contribution is 2.42. The number of rotatable bonds is 5. The maximum absolute atomic E-state index is 11.3. The van der Waals surface area contributed by atoms with E-state index in [0.717, 1.165) is 23.1 Å². The van der Waals surface area contributed by atoms with Gasteiger partial charge in [-0.1, -0.05) is 49.4 Å². The zero-order valence-corrected chi connectivity index (χ0v) is 16.4. The topological polar surface area (TPSA) is 101 Å². The molecule has 0 bridgehead atoms. The highest BCUT2D eigenvalue weighted by atomic mass is 16.4. The van der Waals surface area contributed by atoms with E-state index in [4.69, 9.17) is 0 Å². The molecule has 1 aliphatic carbocycles. The molecule has 2 aromatic rings. The predicted octanol–water partition coefficient (Wildman–Crippen LogP) is 1.43. The maximum Gasteiger partial charge on any atom is 0.119 e. The largest absolute Gasteiger partial charge is 0.396 e. The van der Waals surface area contributed by atoms with Gasteiger partial charge in [0.15, 0.2) is 0 Å². The zero-order chi connectivity index (χ0) is 20.5. The highest BCUT2D eigenvalue weighted by Gasteiger charge is 2.52. The van der Waals surface area contributed by atoms with Gasteiger partial charge in [-0.25, -0.2) is 0 Å². The smallest absolute Gasteiger partial charge is 0.119 e. The predicted molar refractivity (Wildman–Crippen MR) is 107 cm³/mol. The second kappa shape index (κ2) is 8.31. The van der Waals surface area contributed by atoms with Gasteiger partial charge in [-0.2, -0.15) is 0 Å². The molecule has 0 saturated heterocycles. The molecule has 0 heterocycles. The average Bonchev–Trinajstić information content (AvgIpc) is 2.71. The molecule has 1 fully saturated rings. The van der Waals surface area contributed by atoms with Crippen LogP contribution in [0.2, 0.25) is 0 Å². The summed E-state index contributed by atoms with van der Waals surface area (Å²) in [6.45, 7) is 3.57. The van der Waals surface area contributed by atoms with Crippen LogP contribution in [-0.2, 0) is 18.4 Å². The molecule has 1 saturated carbocycles. The van der Waals surface area contributed by atoms with Gasteiger partial charge < -0.3 is 25.5 Å². The average molecular weight is 386 g/mol. The van der Waals surface area contributed by atoms with E-state index >= 15 is 0 Å². The second-order valence-corrected chi connectivity index (χ2v) is 7.99. The van der Waals surface area contributed by atoms with Crippen LogP contribution in [0.25, 0.3) is 0 Å². The van der Waals surface area contributed by atoms with Crippen LogP contribution in [0.1, 0.15) is 41.2 Å². The summed E-state index contributed by atoms with van der Waals surface area (Å²) in [6.07, 6.45) is -2.71. The lowest BCUT2D eigenvalue weighted by atomic mass is 9.68. The number of benzene rings is 2. The van der Waals surface area contributed by atoms with E-state index in [1.807, 2.05) is 25.1 Å². The van der Waals surface area contributed by atoms with E-state index in [-0.39, 0.29) is 13.0 Å². The van der Waals surface area contributed by atoms with Gasteiger partial charge in [0.25, 0.3) is 0 Å². The lowest BCUT2D eigenvalue weighted by Crippen LogP contribution is -2.60. The molecule has 5 heteroatoms. The maximum atomic E-state index is 11.3. The molecule has 5 nitrogen and oxygen atoms in total. The van der Waals surface area contributed by atoms with Crippen molar-refractivity contribution in [2.75, 3.05) is 6.61 Å². The molecule has 1 unspecified atom stereocenters. The molecule has 0 radical (unpaired) electrons. The summed E-state index contributed by atoms with van der Waals surface area (Å²) in [4.78, 5) is 0. The number of hydrogen-bond acceptors (Lipinski definition) is 5. The Hall–Kier alpha value is -1.76. The zero-order valence-electron chi connectivity index (χ0n) is 16.4. The molecule has 0 spiro atoms. The molecule has 0 aromatic heterocycles. The van der Waals surface area contributed by atoms with Gasteiger partial charge in [-0.15, -0.1) is 0 Å². The first-order chi connectivity index (χ1) is 13.3. The van der Waals surface area contributed by atoms with Gasteiger partial charge >= 0.3 is 0 Å². The van der Waals surface area contributed by atoms with Crippen molar-refractivity contribution < 1.29 is 25.5 Å². The summed E-state index contributed by atoms with van der Waals surface area (Å²) in [5, 5.41) is 51.7. The number of aliphatic hydroxyl groups is 5. The highest BCUT2D eigenvalue weighted by molar-refractivity contribution is 5.39. The van der Waals surface area contributed by atoms with Crippen molar-refractivity contribution in [2.45, 2.75) is 57.0 Å². The standard InChI is InChI=1S/C23H30O5/c1-3-15-6-8-16(9-7-15)10-17-5-4-14(2)19(11-17)23(28)12-18(13-24)20(25)21(26)22(23)27/h4-9,11,18,20-22,24-28H,3,10,12-13H2,1-2H3/t18-,20-,21?,22-,23-/m1/s1. The Morgan fingerprint density at radius 2 is 1.54 bits per heavy atom. The Morgan fingerprint density at radius 3 is 2.14 bits per heavy atom. The Balaban J connectivity index is 1.93. The first-order valence-electron chi connectivity index (χ1n) is 9.85. The van der Waals surface area contributed by atoms with Crippen LogP contribution >= 0.6 is 0 Å². The minimum atomic E-state index is -1.74. The molecule has 1 aliphatic rings. The van der Waals surface area contributed by atoms with Crippen molar-refractivity contribution in [1.82, 2.24) is 0 Å². The Labute approximate surface area is 165 Å². The first-order valence-corrected chi connectivity index (χ1v) is 9.85. The molecule has 5 atom stereocenters. The summed E-state index contributed by atoms with van der Waals surface area (Å²) in [6, 6.07) is 14.1. The fourth-order valence-corrected chi connectivity index (χ4v) is 4.21. The first kappa shape index (κ1) is 21.0. The minimum Gasteiger partial charge on any atom is -0.396 e. The third-order valence-electron chi connectivity index (χ3n) is 6.06. The van der Waals surface area contributed by atoms with Crippen LogP contribution in [0.5, 0.6) is 0 Å². The Morgan fingerprint density at radius 1 is 0.929 bits per heavy atom. The van der Waals surface area contributed by atoms with Gasteiger partial charge in [0.05, 0.1) is 6.10 Å². The lowest BCUT2D eigenvalue weighted by molar-refractivity contribution is -0.213. The molecule has 5 N–H and O–H groups in total. The van der Waals surface area contributed by atoms with Crippen molar-refractivity contribution in [1.29, 1.82) is 0 Å². The van der Waals surface area contributed by atoms with Crippen LogP contribution in [0.4, 0.5) is 0 Å². The summed E-state index contributed by atoms with van der Waals surface area (Å²) in [7, 11) is 0. The van der Waals surface area contributed by atoms with Crippen molar-refractivity contribution in [3.05, 3.63) is 70.3 Å². The molecular formula is C23H30O5. The minimum absolute atomic E-state index is 0.0294. The third kappa shape index (κ3) is 3.86. The SMILES string of the molecule is CCc1ccc(Cc2ccc(C)c([C@]3(O)C[C@H](CO)[C@@H](O)C(O)[C@H]3O)c2)cc1. The van der Waals surface area contributed by atoms with Crippen LogP contribution in [-0.4, -0.2) is 50.5 Å². The summed E-state index contributed by atoms with van der Waals surface area (Å²) in [5.41, 5.74) is 2.96. The van der Waals surface area contributed by atoms with Crippen molar-refractivity contribution in [2.24, 2.45) is 5.92 Å². The molecule has 0 amide bonds. The number of aliphatic hydroxyl groups excluding tert-OH is 4. The van der Waals surface area contributed by atoms with Gasteiger partial charge in [0.2, 0.25) is 0 Å². The van der Waals surface area contributed by atoms with Crippen LogP contribution in [0.15, 0.2) is 42.5 Å². The van der Waals surface area contributed by atoms with Crippen LogP contribution in [0.3, 0.4) is 0 Å². The number of aryl methyl sites for hydroxylation is 2. The summed E-state index contributed by atoms with van der Waals surface area (Å²) >= 11 is 0. The van der Waals surface area contributed by atoms with Crippen molar-refractivity contribution in [3.63, 3.8) is 0 Å². The molecule has 2 aromatic carbocycles. The fourth-order valence-electron chi connectivity index (χ4n) is 4.21. The van der Waals surface area contributed by atoms with E-state index in [1.165, 1.54) is 5.56 Å². The summed E-state index contributed by atoms with van der Waals surface area (Å²) < 4.78 is 0. The molecule has 0 aliphatic heterocycles. The van der Waals surface area contributed by atoms with E-state index in [0.29, 0.717) is 12.0 Å². The van der Waals surface area contributed by atoms with Gasteiger partial charge in [-0.05, 0) is 54.0 Å². The Kier molecular flexibility index (Phi) is 6.22. The van der Waals surface area contributed by atoms with Crippen LogP contribution in [0, 0.1) is 12.8 Å². The fraction of sp³-hybridized carbons (Fsp3) is 0.478. The monoisotopic (exact) mass is 386 g/mol. The van der Waals surface area contributed by atoms with Gasteiger partial charge in [0.1, 0.15) is 17.8 Å². The molecular weight excluding hydrogens is 356 g/mol. The van der Waals surface area contributed by atoms with Gasteiger partial charge in [0, 0.05) is 12.5 Å². The summed E-state index contributed by atoms with van der Waals surface area (Å²) in [5.74, 6) is -0.715. The van der Waals surface area contributed by atoms with Crippen LogP contribution < -0.4 is 0 Å². The quantitative estimate of drug-likeness (QED) is 0.535. The number of hydrogen-bond donors (Lipinski definition) is 5. The second-order valence-electron chi connectivity index (χ2n) is 7.99. The van der Waals surface area contributed by atoms with Crippen molar-refractivity contribution >= 4 is 0 Å². The normalized spacial score (nSPS) is 30.4. The van der Waals surface area contributed by atoms with E-state index in [1.54, 1.807) is 0 Å². The van der Waals surface area contributed by atoms with E-state index < -0.39 is 29.8 Å². The van der Waals surface area contributed by atoms with E-state index in [2.05, 4.69) is 31.2 Å². The molecule has 152 valence electrons. The van der Waals surface area contributed by atoms with Gasteiger partial charge in [-0.3, -0.25) is 0 Å². The Bertz CT molecular complexity index is 801.